The number of H-pyrrole nitrogens is 1. The lowest BCUT2D eigenvalue weighted by molar-refractivity contribution is -0.133. The maximum absolute atomic E-state index is 13.2. The van der Waals surface area contributed by atoms with Gasteiger partial charge in [0.25, 0.3) is 0 Å². The second kappa shape index (κ2) is 8.65. The average Bonchev–Trinajstić information content (AvgIpc) is 3.01. The molecule has 2 amide bonds. The van der Waals surface area contributed by atoms with Gasteiger partial charge < -0.3 is 14.8 Å². The first-order chi connectivity index (χ1) is 12.6. The summed E-state index contributed by atoms with van der Waals surface area (Å²) in [6.45, 7) is 2.45. The van der Waals surface area contributed by atoms with Gasteiger partial charge >= 0.3 is 0 Å². The summed E-state index contributed by atoms with van der Waals surface area (Å²) in [7, 11) is 0. The van der Waals surface area contributed by atoms with Crippen LogP contribution in [0.25, 0.3) is 0 Å². The number of aromatic amines is 1. The van der Waals surface area contributed by atoms with E-state index in [1.54, 1.807) is 6.07 Å². The van der Waals surface area contributed by atoms with E-state index in [0.717, 1.165) is 17.7 Å². The first-order valence-electron chi connectivity index (χ1n) is 9.04. The molecule has 0 radical (unpaired) electrons. The summed E-state index contributed by atoms with van der Waals surface area (Å²) < 4.78 is 13.2. The largest absolute Gasteiger partial charge is 0.365 e. The van der Waals surface area contributed by atoms with Crippen LogP contribution in [0.3, 0.4) is 0 Å². The van der Waals surface area contributed by atoms with Gasteiger partial charge in [-0.2, -0.15) is 0 Å². The van der Waals surface area contributed by atoms with Crippen molar-refractivity contribution in [2.75, 3.05) is 26.2 Å². The molecule has 0 atom stereocenters. The molecule has 0 bridgehead atoms. The third-order valence-electron chi connectivity index (χ3n) is 4.72. The normalized spacial score (nSPS) is 15.0. The summed E-state index contributed by atoms with van der Waals surface area (Å²) in [5.41, 5.74) is 1.73. The zero-order chi connectivity index (χ0) is 18.4. The second-order valence-electron chi connectivity index (χ2n) is 6.62. The number of carbonyl (C=O) groups excluding carboxylic acids is 2. The Morgan fingerprint density at radius 3 is 2.46 bits per heavy atom. The summed E-state index contributed by atoms with van der Waals surface area (Å²) in [5.74, 6) is -0.129. The Bertz CT molecular complexity index is 745. The van der Waals surface area contributed by atoms with Crippen LogP contribution in [0.5, 0.6) is 0 Å². The van der Waals surface area contributed by atoms with Gasteiger partial charge in [0.15, 0.2) is 0 Å². The van der Waals surface area contributed by atoms with E-state index in [1.165, 1.54) is 12.1 Å². The third-order valence-corrected chi connectivity index (χ3v) is 4.72. The van der Waals surface area contributed by atoms with Gasteiger partial charge in [-0.3, -0.25) is 9.59 Å². The third kappa shape index (κ3) is 4.94. The number of hydrogen-bond donors (Lipinski definition) is 1. The van der Waals surface area contributed by atoms with Crippen molar-refractivity contribution in [1.29, 1.82) is 0 Å². The van der Waals surface area contributed by atoms with Crippen LogP contribution in [0.15, 0.2) is 42.6 Å². The molecule has 1 aliphatic heterocycles. The van der Waals surface area contributed by atoms with E-state index in [0.29, 0.717) is 45.4 Å². The lowest BCUT2D eigenvalue weighted by Gasteiger charge is -2.22. The van der Waals surface area contributed by atoms with E-state index in [9.17, 15) is 14.0 Å². The predicted molar refractivity (Wildman–Crippen MR) is 97.0 cm³/mol. The SMILES string of the molecule is O=C(CCc1cccc(F)c1)N1CCCN(C(=O)Cc2ccc[nH]2)CC1. The summed E-state index contributed by atoms with van der Waals surface area (Å²) in [6.07, 6.45) is 3.84. The molecule has 1 fully saturated rings. The van der Waals surface area contributed by atoms with Crippen molar-refractivity contribution in [3.63, 3.8) is 0 Å². The Labute approximate surface area is 152 Å². The first kappa shape index (κ1) is 18.2. The zero-order valence-corrected chi connectivity index (χ0v) is 14.8. The van der Waals surface area contributed by atoms with Crippen LogP contribution in [0.2, 0.25) is 0 Å². The quantitative estimate of drug-likeness (QED) is 0.893. The van der Waals surface area contributed by atoms with E-state index in [4.69, 9.17) is 0 Å². The van der Waals surface area contributed by atoms with Crippen molar-refractivity contribution in [3.05, 3.63) is 59.7 Å². The Hall–Kier alpha value is -2.63. The van der Waals surface area contributed by atoms with Crippen molar-refractivity contribution in [2.45, 2.75) is 25.7 Å². The number of aromatic nitrogens is 1. The molecular weight excluding hydrogens is 333 g/mol. The Kier molecular flexibility index (Phi) is 6.04. The van der Waals surface area contributed by atoms with Gasteiger partial charge in [0.2, 0.25) is 11.8 Å². The van der Waals surface area contributed by atoms with Crippen LogP contribution >= 0.6 is 0 Å². The minimum Gasteiger partial charge on any atom is -0.365 e. The lowest BCUT2D eigenvalue weighted by atomic mass is 10.1. The van der Waals surface area contributed by atoms with Crippen LogP contribution < -0.4 is 0 Å². The summed E-state index contributed by atoms with van der Waals surface area (Å²) in [5, 5.41) is 0. The molecular formula is C20H24FN3O2. The maximum atomic E-state index is 13.2. The van der Waals surface area contributed by atoms with Crippen LogP contribution in [0.1, 0.15) is 24.1 Å². The van der Waals surface area contributed by atoms with Gasteiger partial charge in [-0.1, -0.05) is 12.1 Å². The summed E-state index contributed by atoms with van der Waals surface area (Å²) in [4.78, 5) is 31.6. The first-order valence-corrected chi connectivity index (χ1v) is 9.04. The minimum absolute atomic E-state index is 0.0629. The molecule has 1 aromatic heterocycles. The summed E-state index contributed by atoms with van der Waals surface area (Å²) >= 11 is 0. The number of aryl methyl sites for hydroxylation is 1. The minimum atomic E-state index is -0.277. The van der Waals surface area contributed by atoms with Gasteiger partial charge in [-0.05, 0) is 42.7 Å². The summed E-state index contributed by atoms with van der Waals surface area (Å²) in [6, 6.07) is 10.1. The second-order valence-corrected chi connectivity index (χ2v) is 6.62. The molecule has 1 aliphatic rings. The highest BCUT2D eigenvalue weighted by atomic mass is 19.1. The molecule has 0 saturated carbocycles. The van der Waals surface area contributed by atoms with Crippen molar-refractivity contribution in [2.24, 2.45) is 0 Å². The lowest BCUT2D eigenvalue weighted by Crippen LogP contribution is -2.38. The van der Waals surface area contributed by atoms with E-state index in [2.05, 4.69) is 4.98 Å². The number of hydrogen-bond acceptors (Lipinski definition) is 2. The van der Waals surface area contributed by atoms with Crippen molar-refractivity contribution in [3.8, 4) is 0 Å². The fourth-order valence-electron chi connectivity index (χ4n) is 3.27. The number of rotatable bonds is 5. The zero-order valence-electron chi connectivity index (χ0n) is 14.8. The van der Waals surface area contributed by atoms with Gasteiger partial charge in [0.1, 0.15) is 5.82 Å². The predicted octanol–water partition coefficient (Wildman–Crippen LogP) is 2.39. The van der Waals surface area contributed by atoms with E-state index >= 15 is 0 Å². The van der Waals surface area contributed by atoms with Crippen LogP contribution in [-0.4, -0.2) is 52.8 Å². The molecule has 0 aliphatic carbocycles. The van der Waals surface area contributed by atoms with Crippen molar-refractivity contribution in [1.82, 2.24) is 14.8 Å². The highest BCUT2D eigenvalue weighted by Crippen LogP contribution is 2.11. The van der Waals surface area contributed by atoms with E-state index in [1.807, 2.05) is 34.2 Å². The molecule has 2 aromatic rings. The molecule has 2 heterocycles. The molecule has 26 heavy (non-hydrogen) atoms. The maximum Gasteiger partial charge on any atom is 0.228 e. The highest BCUT2D eigenvalue weighted by Gasteiger charge is 2.22. The molecule has 0 unspecified atom stereocenters. The van der Waals surface area contributed by atoms with E-state index < -0.39 is 0 Å². The Balaban J connectivity index is 1.48. The van der Waals surface area contributed by atoms with Crippen LogP contribution in [0, 0.1) is 5.82 Å². The van der Waals surface area contributed by atoms with Crippen LogP contribution in [-0.2, 0) is 22.4 Å². The number of nitrogens with zero attached hydrogens (tertiary/aromatic N) is 2. The average molecular weight is 357 g/mol. The van der Waals surface area contributed by atoms with E-state index in [-0.39, 0.29) is 17.6 Å². The fourth-order valence-corrected chi connectivity index (χ4v) is 3.27. The van der Waals surface area contributed by atoms with Crippen LogP contribution in [0.4, 0.5) is 4.39 Å². The molecule has 138 valence electrons. The number of nitrogens with one attached hydrogen (secondary N) is 1. The molecule has 5 nitrogen and oxygen atoms in total. The Morgan fingerprint density at radius 2 is 1.77 bits per heavy atom. The fraction of sp³-hybridized carbons (Fsp3) is 0.400. The molecule has 6 heteroatoms. The van der Waals surface area contributed by atoms with Gasteiger partial charge in [-0.25, -0.2) is 4.39 Å². The standard InChI is InChI=1S/C20H24FN3O2/c21-17-5-1-4-16(14-17)7-8-19(25)23-10-3-11-24(13-12-23)20(26)15-18-6-2-9-22-18/h1-2,4-6,9,14,22H,3,7-8,10-13,15H2. The molecule has 0 spiro atoms. The van der Waals surface area contributed by atoms with Gasteiger partial charge in [-0.15, -0.1) is 0 Å². The molecule has 3 rings (SSSR count). The number of carbonyl (C=O) groups is 2. The molecule has 1 N–H and O–H groups in total. The van der Waals surface area contributed by atoms with Gasteiger partial charge in [0.05, 0.1) is 6.42 Å². The Morgan fingerprint density at radius 1 is 1.00 bits per heavy atom. The topological polar surface area (TPSA) is 56.4 Å². The number of benzene rings is 1. The number of halogens is 1. The van der Waals surface area contributed by atoms with Crippen molar-refractivity contribution < 1.29 is 14.0 Å². The molecule has 1 aromatic carbocycles. The smallest absolute Gasteiger partial charge is 0.228 e. The van der Waals surface area contributed by atoms with Crippen molar-refractivity contribution >= 4 is 11.8 Å². The highest BCUT2D eigenvalue weighted by molar-refractivity contribution is 5.79. The monoisotopic (exact) mass is 357 g/mol. The molecule has 1 saturated heterocycles. The number of amides is 2. The van der Waals surface area contributed by atoms with Gasteiger partial charge in [0, 0.05) is 44.5 Å².